The van der Waals surface area contributed by atoms with Gasteiger partial charge in [-0.2, -0.15) is 5.26 Å². The van der Waals surface area contributed by atoms with E-state index in [0.29, 0.717) is 29.3 Å². The molecule has 2 amide bonds. The quantitative estimate of drug-likeness (QED) is 0.919. The molecule has 3 rings (SSSR count). The number of hydrogen-bond donors (Lipinski definition) is 1. The van der Waals surface area contributed by atoms with Crippen LogP contribution in [0.1, 0.15) is 15.9 Å². The van der Waals surface area contributed by atoms with E-state index in [-0.39, 0.29) is 11.8 Å². The van der Waals surface area contributed by atoms with Gasteiger partial charge >= 0.3 is 0 Å². The van der Waals surface area contributed by atoms with Crippen LogP contribution in [-0.2, 0) is 11.2 Å². The van der Waals surface area contributed by atoms with E-state index in [1.165, 1.54) is 0 Å². The Hall–Kier alpha value is -2.78. The third-order valence-corrected chi connectivity index (χ3v) is 4.98. The molecule has 5 nitrogen and oxygen atoms in total. The molecule has 1 N–H and O–H groups in total. The van der Waals surface area contributed by atoms with Crippen LogP contribution in [0.5, 0.6) is 0 Å². The maximum atomic E-state index is 12.6. The van der Waals surface area contributed by atoms with Crippen LogP contribution in [0.15, 0.2) is 54.6 Å². The summed E-state index contributed by atoms with van der Waals surface area (Å²) in [6.45, 7) is 0. The molecule has 1 fully saturated rings. The lowest BCUT2D eigenvalue weighted by Crippen LogP contribution is -2.44. The Labute approximate surface area is 150 Å². The number of anilines is 1. The average molecular weight is 351 g/mol. The smallest absolute Gasteiger partial charge is 0.255 e. The molecule has 1 unspecified atom stereocenters. The van der Waals surface area contributed by atoms with Gasteiger partial charge in [0.25, 0.3) is 5.91 Å². The van der Waals surface area contributed by atoms with E-state index in [9.17, 15) is 9.59 Å². The highest BCUT2D eigenvalue weighted by atomic mass is 32.2. The third-order valence-electron chi connectivity index (χ3n) is 3.97. The van der Waals surface area contributed by atoms with Crippen LogP contribution in [0.4, 0.5) is 5.69 Å². The van der Waals surface area contributed by atoms with Crippen molar-refractivity contribution in [3.8, 4) is 6.07 Å². The Morgan fingerprint density at radius 3 is 2.56 bits per heavy atom. The van der Waals surface area contributed by atoms with E-state index in [2.05, 4.69) is 11.4 Å². The molecule has 126 valence electrons. The maximum absolute atomic E-state index is 12.6. The number of nitrogens with zero attached hydrogens (tertiary/aromatic N) is 2. The van der Waals surface area contributed by atoms with Gasteiger partial charge in [-0.25, -0.2) is 0 Å². The Kier molecular flexibility index (Phi) is 5.36. The molecule has 0 aromatic heterocycles. The molecule has 1 saturated heterocycles. The minimum absolute atomic E-state index is 0.130. The van der Waals surface area contributed by atoms with Crippen LogP contribution in [0, 0.1) is 11.3 Å². The number of nitrogens with one attached hydrogen (secondary N) is 1. The first kappa shape index (κ1) is 17.1. The Bertz CT molecular complexity index is 800. The van der Waals surface area contributed by atoms with E-state index in [4.69, 9.17) is 5.26 Å². The van der Waals surface area contributed by atoms with Gasteiger partial charge in [0.15, 0.2) is 0 Å². The van der Waals surface area contributed by atoms with Gasteiger partial charge in [0, 0.05) is 17.0 Å². The van der Waals surface area contributed by atoms with Crippen molar-refractivity contribution in [1.29, 1.82) is 5.26 Å². The molecule has 0 bridgehead atoms. The van der Waals surface area contributed by atoms with Crippen LogP contribution < -0.4 is 5.32 Å². The van der Waals surface area contributed by atoms with Crippen LogP contribution in [0.25, 0.3) is 0 Å². The van der Waals surface area contributed by atoms with Gasteiger partial charge in [-0.05, 0) is 29.8 Å². The fraction of sp³-hybridized carbons (Fsp3) is 0.211. The molecule has 6 heteroatoms. The van der Waals surface area contributed by atoms with Crippen molar-refractivity contribution in [2.75, 3.05) is 16.9 Å². The largest absolute Gasteiger partial charge is 0.324 e. The molecule has 0 radical (unpaired) electrons. The number of carbonyl (C=O) groups is 2. The Balaban J connectivity index is 1.68. The zero-order chi connectivity index (χ0) is 17.6. The summed E-state index contributed by atoms with van der Waals surface area (Å²) in [5.74, 6) is 0.765. The van der Waals surface area contributed by atoms with Gasteiger partial charge in [-0.15, -0.1) is 11.8 Å². The zero-order valence-electron chi connectivity index (χ0n) is 13.5. The van der Waals surface area contributed by atoms with Crippen LogP contribution >= 0.6 is 11.8 Å². The topological polar surface area (TPSA) is 73.2 Å². The molecular formula is C19H17N3O2S. The summed E-state index contributed by atoms with van der Waals surface area (Å²) in [6, 6.07) is 17.8. The van der Waals surface area contributed by atoms with E-state index in [1.807, 2.05) is 30.3 Å². The summed E-state index contributed by atoms with van der Waals surface area (Å²) in [7, 11) is 0. The lowest BCUT2D eigenvalue weighted by molar-refractivity contribution is -0.119. The van der Waals surface area contributed by atoms with Gasteiger partial charge in [0.05, 0.1) is 18.4 Å². The summed E-state index contributed by atoms with van der Waals surface area (Å²) in [4.78, 5) is 26.8. The molecular weight excluding hydrogens is 334 g/mol. The minimum Gasteiger partial charge on any atom is -0.324 e. The second kappa shape index (κ2) is 7.86. The highest BCUT2D eigenvalue weighted by molar-refractivity contribution is 7.99. The molecule has 1 heterocycles. The fourth-order valence-corrected chi connectivity index (χ4v) is 3.78. The number of thioether (sulfide) groups is 1. The first-order chi connectivity index (χ1) is 12.2. The summed E-state index contributed by atoms with van der Waals surface area (Å²) < 4.78 is 0. The molecule has 2 aromatic carbocycles. The molecule has 25 heavy (non-hydrogen) atoms. The number of hydrogen-bond acceptors (Lipinski definition) is 4. The van der Waals surface area contributed by atoms with Crippen LogP contribution in [-0.4, -0.2) is 34.4 Å². The lowest BCUT2D eigenvalue weighted by atomic mass is 10.1. The van der Waals surface area contributed by atoms with E-state index >= 15 is 0 Å². The van der Waals surface area contributed by atoms with E-state index in [0.717, 1.165) is 5.56 Å². The average Bonchev–Trinajstić information content (AvgIpc) is 3.13. The molecule has 0 saturated carbocycles. The normalized spacial score (nSPS) is 16.3. The van der Waals surface area contributed by atoms with Crippen LogP contribution in [0.2, 0.25) is 0 Å². The Morgan fingerprint density at radius 1 is 1.16 bits per heavy atom. The van der Waals surface area contributed by atoms with E-state index < -0.39 is 6.04 Å². The summed E-state index contributed by atoms with van der Waals surface area (Å²) >= 11 is 1.57. The minimum atomic E-state index is -0.489. The molecule has 0 spiro atoms. The van der Waals surface area contributed by atoms with Gasteiger partial charge in [-0.3, -0.25) is 9.59 Å². The van der Waals surface area contributed by atoms with Crippen LogP contribution in [0.3, 0.4) is 0 Å². The van der Waals surface area contributed by atoms with Gasteiger partial charge in [0.2, 0.25) is 5.91 Å². The highest BCUT2D eigenvalue weighted by Gasteiger charge is 2.35. The number of benzene rings is 2. The SMILES string of the molecule is N#CCc1ccc(NC(=O)C2CSCN2C(=O)c2ccccc2)cc1. The number of carbonyl (C=O) groups excluding carboxylic acids is 2. The molecule has 1 atom stereocenters. The summed E-state index contributed by atoms with van der Waals surface area (Å²) in [5.41, 5.74) is 2.15. The Morgan fingerprint density at radius 2 is 1.88 bits per heavy atom. The van der Waals surface area contributed by atoms with Crippen molar-refractivity contribution in [3.63, 3.8) is 0 Å². The number of amides is 2. The second-order valence-corrected chi connectivity index (χ2v) is 6.68. The second-order valence-electron chi connectivity index (χ2n) is 5.68. The zero-order valence-corrected chi connectivity index (χ0v) is 14.3. The molecule has 2 aromatic rings. The van der Waals surface area contributed by atoms with Gasteiger partial charge in [0.1, 0.15) is 6.04 Å². The number of nitriles is 1. The molecule has 1 aliphatic heterocycles. The lowest BCUT2D eigenvalue weighted by Gasteiger charge is -2.23. The van der Waals surface area contributed by atoms with Gasteiger partial charge < -0.3 is 10.2 Å². The third kappa shape index (κ3) is 4.01. The van der Waals surface area contributed by atoms with Crippen molar-refractivity contribution < 1.29 is 9.59 Å². The predicted octanol–water partition coefficient (Wildman–Crippen LogP) is 2.91. The summed E-state index contributed by atoms with van der Waals surface area (Å²) in [5, 5.41) is 11.6. The predicted molar refractivity (Wildman–Crippen MR) is 98.1 cm³/mol. The maximum Gasteiger partial charge on any atom is 0.255 e. The first-order valence-electron chi connectivity index (χ1n) is 7.89. The molecule has 0 aliphatic carbocycles. The van der Waals surface area contributed by atoms with Crippen molar-refractivity contribution in [1.82, 2.24) is 4.90 Å². The van der Waals surface area contributed by atoms with Gasteiger partial charge in [-0.1, -0.05) is 30.3 Å². The van der Waals surface area contributed by atoms with Crippen molar-refractivity contribution in [2.24, 2.45) is 0 Å². The van der Waals surface area contributed by atoms with Crippen molar-refractivity contribution >= 4 is 29.3 Å². The standard InChI is InChI=1S/C19H17N3O2S/c20-11-10-14-6-8-16(9-7-14)21-18(23)17-12-25-13-22(17)19(24)15-4-2-1-3-5-15/h1-9,17H,10,12-13H2,(H,21,23). The van der Waals surface area contributed by atoms with E-state index in [1.54, 1.807) is 40.9 Å². The monoisotopic (exact) mass is 351 g/mol. The van der Waals surface area contributed by atoms with Crippen molar-refractivity contribution in [3.05, 3.63) is 65.7 Å². The van der Waals surface area contributed by atoms with Crippen molar-refractivity contribution in [2.45, 2.75) is 12.5 Å². The first-order valence-corrected chi connectivity index (χ1v) is 9.05. The fourth-order valence-electron chi connectivity index (χ4n) is 2.63. The summed E-state index contributed by atoms with van der Waals surface area (Å²) in [6.07, 6.45) is 0.340. The molecule has 1 aliphatic rings. The highest BCUT2D eigenvalue weighted by Crippen LogP contribution is 2.24. The number of rotatable bonds is 4.